The average molecular weight is 184 g/mol. The maximum atomic E-state index is 12.8. The van der Waals surface area contributed by atoms with Gasteiger partial charge in [0.25, 0.3) is 5.91 Å². The van der Waals surface area contributed by atoms with E-state index in [-0.39, 0.29) is 18.0 Å². The Hall–Kier alpha value is -1.78. The van der Waals surface area contributed by atoms with Gasteiger partial charge in [0.1, 0.15) is 11.6 Å². The molecular weight excluding hydrogens is 175 g/mol. The summed E-state index contributed by atoms with van der Waals surface area (Å²) in [6.07, 6.45) is 0. The van der Waals surface area contributed by atoms with Gasteiger partial charge in [-0.2, -0.15) is 0 Å². The standard InChI is InChI=1S/C8H9FN2O2/c9-6-3-5(1-2-7(6)10)13-4-8(11)12/h1-3H,4,10H2,(H2,11,12). The lowest BCUT2D eigenvalue weighted by molar-refractivity contribution is -0.119. The van der Waals surface area contributed by atoms with Crippen molar-refractivity contribution in [1.82, 2.24) is 0 Å². The first kappa shape index (κ1) is 9.31. The van der Waals surface area contributed by atoms with Crippen LogP contribution in [0.25, 0.3) is 0 Å². The molecule has 1 rings (SSSR count). The molecule has 5 heteroatoms. The molecule has 0 radical (unpaired) electrons. The monoisotopic (exact) mass is 184 g/mol. The number of benzene rings is 1. The first-order valence-corrected chi connectivity index (χ1v) is 3.55. The lowest BCUT2D eigenvalue weighted by Gasteiger charge is -2.03. The minimum Gasteiger partial charge on any atom is -0.484 e. The van der Waals surface area contributed by atoms with Gasteiger partial charge in [-0.05, 0) is 12.1 Å². The van der Waals surface area contributed by atoms with Crippen LogP contribution in [0.2, 0.25) is 0 Å². The van der Waals surface area contributed by atoms with Crippen molar-refractivity contribution in [2.75, 3.05) is 12.3 Å². The van der Waals surface area contributed by atoms with E-state index in [0.29, 0.717) is 0 Å². The molecule has 0 fully saturated rings. The molecule has 0 saturated heterocycles. The maximum Gasteiger partial charge on any atom is 0.255 e. The number of anilines is 1. The Bertz CT molecular complexity index is 328. The van der Waals surface area contributed by atoms with E-state index in [9.17, 15) is 9.18 Å². The topological polar surface area (TPSA) is 78.3 Å². The summed E-state index contributed by atoms with van der Waals surface area (Å²) in [6, 6.07) is 3.91. The Labute approximate surface area is 74.3 Å². The zero-order valence-corrected chi connectivity index (χ0v) is 6.79. The molecule has 0 aliphatic heterocycles. The second-order valence-electron chi connectivity index (χ2n) is 2.44. The van der Waals surface area contributed by atoms with Gasteiger partial charge in [0, 0.05) is 6.07 Å². The fraction of sp³-hybridized carbons (Fsp3) is 0.125. The number of ether oxygens (including phenoxy) is 1. The van der Waals surface area contributed by atoms with E-state index in [1.54, 1.807) is 0 Å². The van der Waals surface area contributed by atoms with Crippen LogP contribution in [0.1, 0.15) is 0 Å². The molecule has 1 amide bonds. The summed E-state index contributed by atoms with van der Waals surface area (Å²) in [4.78, 5) is 10.3. The zero-order valence-electron chi connectivity index (χ0n) is 6.79. The van der Waals surface area contributed by atoms with Crippen LogP contribution >= 0.6 is 0 Å². The predicted molar refractivity (Wildman–Crippen MR) is 45.5 cm³/mol. The molecule has 0 aliphatic rings. The first-order chi connectivity index (χ1) is 6.09. The van der Waals surface area contributed by atoms with Crippen LogP contribution in [0, 0.1) is 5.82 Å². The second-order valence-corrected chi connectivity index (χ2v) is 2.44. The number of nitrogens with two attached hydrogens (primary N) is 2. The van der Waals surface area contributed by atoms with Crippen molar-refractivity contribution in [3.8, 4) is 5.75 Å². The fourth-order valence-electron chi connectivity index (χ4n) is 0.752. The van der Waals surface area contributed by atoms with Crippen molar-refractivity contribution in [2.24, 2.45) is 5.73 Å². The Balaban J connectivity index is 2.68. The number of halogens is 1. The fourth-order valence-corrected chi connectivity index (χ4v) is 0.752. The van der Waals surface area contributed by atoms with E-state index >= 15 is 0 Å². The Kier molecular flexibility index (Phi) is 2.69. The van der Waals surface area contributed by atoms with Gasteiger partial charge in [-0.15, -0.1) is 0 Å². The quantitative estimate of drug-likeness (QED) is 0.662. The van der Waals surface area contributed by atoms with Crippen LogP contribution in [0.5, 0.6) is 5.75 Å². The van der Waals surface area contributed by atoms with Gasteiger partial charge in [0.15, 0.2) is 6.61 Å². The minimum atomic E-state index is -0.614. The molecule has 0 heterocycles. The normalized spacial score (nSPS) is 9.62. The van der Waals surface area contributed by atoms with Crippen molar-refractivity contribution in [3.05, 3.63) is 24.0 Å². The van der Waals surface area contributed by atoms with Crippen LogP contribution in [0.4, 0.5) is 10.1 Å². The number of hydrogen-bond donors (Lipinski definition) is 2. The molecule has 0 aliphatic carbocycles. The third-order valence-electron chi connectivity index (χ3n) is 1.35. The van der Waals surface area contributed by atoms with Crippen LogP contribution in [-0.2, 0) is 4.79 Å². The van der Waals surface area contributed by atoms with E-state index in [4.69, 9.17) is 16.2 Å². The summed E-state index contributed by atoms with van der Waals surface area (Å²) in [7, 11) is 0. The van der Waals surface area contributed by atoms with Gasteiger partial charge in [-0.1, -0.05) is 0 Å². The van der Waals surface area contributed by atoms with Crippen LogP contribution < -0.4 is 16.2 Å². The number of hydrogen-bond acceptors (Lipinski definition) is 3. The molecule has 4 nitrogen and oxygen atoms in total. The summed E-state index contributed by atoms with van der Waals surface area (Å²) >= 11 is 0. The zero-order chi connectivity index (χ0) is 9.84. The Morgan fingerprint density at radius 1 is 1.54 bits per heavy atom. The van der Waals surface area contributed by atoms with Gasteiger partial charge in [0.05, 0.1) is 5.69 Å². The molecule has 0 bridgehead atoms. The lowest BCUT2D eigenvalue weighted by atomic mass is 10.3. The van der Waals surface area contributed by atoms with E-state index in [0.717, 1.165) is 6.07 Å². The highest BCUT2D eigenvalue weighted by Gasteiger charge is 2.01. The molecule has 4 N–H and O–H groups in total. The van der Waals surface area contributed by atoms with Gasteiger partial charge >= 0.3 is 0 Å². The maximum absolute atomic E-state index is 12.8. The van der Waals surface area contributed by atoms with Crippen LogP contribution in [0.15, 0.2) is 18.2 Å². The molecule has 1 aromatic rings. The van der Waals surface area contributed by atoms with Crippen molar-refractivity contribution < 1.29 is 13.9 Å². The third kappa shape index (κ3) is 2.62. The molecule has 0 atom stereocenters. The Morgan fingerprint density at radius 2 is 2.23 bits per heavy atom. The SMILES string of the molecule is NC(=O)COc1ccc(N)c(F)c1. The van der Waals surface area contributed by atoms with Crippen molar-refractivity contribution in [2.45, 2.75) is 0 Å². The van der Waals surface area contributed by atoms with E-state index < -0.39 is 11.7 Å². The molecular formula is C8H9FN2O2. The molecule has 0 unspecified atom stereocenters. The van der Waals surface area contributed by atoms with Gasteiger partial charge in [0.2, 0.25) is 0 Å². The first-order valence-electron chi connectivity index (χ1n) is 3.55. The second kappa shape index (κ2) is 3.75. The van der Waals surface area contributed by atoms with Crippen molar-refractivity contribution in [1.29, 1.82) is 0 Å². The van der Waals surface area contributed by atoms with E-state index in [2.05, 4.69) is 0 Å². The van der Waals surface area contributed by atoms with Gasteiger partial charge in [-0.3, -0.25) is 4.79 Å². The lowest BCUT2D eigenvalue weighted by Crippen LogP contribution is -2.20. The van der Waals surface area contributed by atoms with E-state index in [1.807, 2.05) is 0 Å². The summed E-state index contributed by atoms with van der Waals surface area (Å²) in [5, 5.41) is 0. The average Bonchev–Trinajstić information content (AvgIpc) is 2.07. The number of primary amides is 1. The number of carbonyl (C=O) groups is 1. The van der Waals surface area contributed by atoms with E-state index in [1.165, 1.54) is 12.1 Å². The summed E-state index contributed by atoms with van der Waals surface area (Å²) < 4.78 is 17.6. The molecule has 70 valence electrons. The number of rotatable bonds is 3. The van der Waals surface area contributed by atoms with Gasteiger partial charge in [-0.25, -0.2) is 4.39 Å². The minimum absolute atomic E-state index is 0.0337. The highest BCUT2D eigenvalue weighted by atomic mass is 19.1. The summed E-state index contributed by atoms with van der Waals surface area (Å²) in [5.41, 5.74) is 10.1. The largest absolute Gasteiger partial charge is 0.484 e. The third-order valence-corrected chi connectivity index (χ3v) is 1.35. The highest BCUT2D eigenvalue weighted by Crippen LogP contribution is 2.17. The molecule has 1 aromatic carbocycles. The van der Waals surface area contributed by atoms with Crippen LogP contribution in [0.3, 0.4) is 0 Å². The van der Waals surface area contributed by atoms with Crippen LogP contribution in [-0.4, -0.2) is 12.5 Å². The molecule has 0 spiro atoms. The predicted octanol–water partition coefficient (Wildman–Crippen LogP) is 0.272. The number of amides is 1. The Morgan fingerprint density at radius 3 is 2.77 bits per heavy atom. The number of carbonyl (C=O) groups excluding carboxylic acids is 1. The smallest absolute Gasteiger partial charge is 0.255 e. The summed E-state index contributed by atoms with van der Waals surface area (Å²) in [5.74, 6) is -0.968. The molecule has 0 saturated carbocycles. The van der Waals surface area contributed by atoms with Crippen molar-refractivity contribution in [3.63, 3.8) is 0 Å². The van der Waals surface area contributed by atoms with Crippen molar-refractivity contribution >= 4 is 11.6 Å². The highest BCUT2D eigenvalue weighted by molar-refractivity contribution is 5.75. The molecule has 13 heavy (non-hydrogen) atoms. The molecule has 0 aromatic heterocycles. The summed E-state index contributed by atoms with van der Waals surface area (Å²) in [6.45, 7) is -0.274. The number of nitrogen functional groups attached to an aromatic ring is 1. The van der Waals surface area contributed by atoms with Gasteiger partial charge < -0.3 is 16.2 Å².